The second-order valence-corrected chi connectivity index (χ2v) is 8.81. The van der Waals surface area contributed by atoms with Crippen molar-refractivity contribution in [3.63, 3.8) is 0 Å². The van der Waals surface area contributed by atoms with E-state index < -0.39 is 6.04 Å². The van der Waals surface area contributed by atoms with Crippen LogP contribution in [0.1, 0.15) is 38.1 Å². The highest BCUT2D eigenvalue weighted by Crippen LogP contribution is 2.46. The van der Waals surface area contributed by atoms with E-state index in [0.29, 0.717) is 18.5 Å². The van der Waals surface area contributed by atoms with E-state index in [0.717, 1.165) is 32.6 Å². The second kappa shape index (κ2) is 6.57. The average Bonchev–Trinajstić information content (AvgIpc) is 3.49. The van der Waals surface area contributed by atoms with Gasteiger partial charge in [-0.3, -0.25) is 9.59 Å². The summed E-state index contributed by atoms with van der Waals surface area (Å²) < 4.78 is 0. The number of thiophene rings is 1. The first-order valence-electron chi connectivity index (χ1n) is 10.0. The third kappa shape index (κ3) is 2.47. The molecule has 4 aromatic rings. The summed E-state index contributed by atoms with van der Waals surface area (Å²) in [6, 6.07) is 19.0. The Morgan fingerprint density at radius 3 is 2.80 bits per heavy atom. The lowest BCUT2D eigenvalue weighted by molar-refractivity contribution is -0.126. The third-order valence-electron chi connectivity index (χ3n) is 6.17. The molecular formula is C24H19N3O2S. The Labute approximate surface area is 177 Å². The number of nitrogens with zero attached hydrogens (tertiary/aromatic N) is 1. The molecule has 6 rings (SSSR count). The normalized spacial score (nSPS) is 19.5. The highest BCUT2D eigenvalue weighted by Gasteiger charge is 2.48. The molecule has 0 spiro atoms. The maximum atomic E-state index is 13.3. The van der Waals surface area contributed by atoms with Crippen LogP contribution in [0.2, 0.25) is 0 Å². The van der Waals surface area contributed by atoms with Crippen molar-refractivity contribution in [3.05, 3.63) is 93.3 Å². The van der Waals surface area contributed by atoms with Crippen molar-refractivity contribution in [3.8, 4) is 0 Å². The minimum atomic E-state index is -0.540. The summed E-state index contributed by atoms with van der Waals surface area (Å²) in [7, 11) is 0. The number of aromatic nitrogens is 1. The van der Waals surface area contributed by atoms with Crippen LogP contribution in [0.5, 0.6) is 0 Å². The van der Waals surface area contributed by atoms with Crippen molar-refractivity contribution in [1.29, 1.82) is 0 Å². The lowest BCUT2D eigenvalue weighted by Crippen LogP contribution is -2.52. The molecule has 2 aromatic carbocycles. The van der Waals surface area contributed by atoms with Gasteiger partial charge in [0.15, 0.2) is 0 Å². The number of hydrogen-bond acceptors (Lipinski definition) is 3. The Balaban J connectivity index is 1.46. The molecule has 2 aliphatic rings. The van der Waals surface area contributed by atoms with Crippen LogP contribution in [0.25, 0.3) is 10.9 Å². The van der Waals surface area contributed by atoms with Gasteiger partial charge in [-0.2, -0.15) is 0 Å². The monoisotopic (exact) mass is 413 g/mol. The first-order chi connectivity index (χ1) is 14.7. The SMILES string of the molecule is O=C(NCc1cccs1)[C@@H]1Cc2c([nH]c3ccccc23)C2c3ccccc3C(=O)N21. The van der Waals surface area contributed by atoms with E-state index in [-0.39, 0.29) is 17.9 Å². The van der Waals surface area contributed by atoms with Gasteiger partial charge in [0.05, 0.1) is 12.6 Å². The molecule has 0 saturated carbocycles. The highest BCUT2D eigenvalue weighted by molar-refractivity contribution is 7.09. The summed E-state index contributed by atoms with van der Waals surface area (Å²) in [5, 5.41) is 6.18. The molecule has 0 aliphatic carbocycles. The van der Waals surface area contributed by atoms with Gasteiger partial charge in [0.25, 0.3) is 5.91 Å². The molecular weight excluding hydrogens is 394 g/mol. The number of H-pyrrole nitrogens is 1. The standard InChI is InChI=1S/C24H19N3O2S/c28-23(25-13-14-6-5-11-30-14)20-12-18-15-7-3-4-10-19(15)26-21(18)22-16-8-1-2-9-17(16)24(29)27(20)22/h1-11,20,22,26H,12-13H2,(H,25,28)/t20-,22?/m0/s1. The summed E-state index contributed by atoms with van der Waals surface area (Å²) in [6.07, 6.45) is 0.506. The fourth-order valence-corrected chi connectivity index (χ4v) is 5.49. The minimum absolute atomic E-state index is 0.0730. The van der Waals surface area contributed by atoms with Gasteiger partial charge in [0, 0.05) is 33.5 Å². The van der Waals surface area contributed by atoms with Crippen molar-refractivity contribution in [1.82, 2.24) is 15.2 Å². The molecule has 2 atom stereocenters. The summed E-state index contributed by atoms with van der Waals surface area (Å²) in [6.45, 7) is 0.480. The van der Waals surface area contributed by atoms with Crippen molar-refractivity contribution in [2.45, 2.75) is 25.0 Å². The fourth-order valence-electron chi connectivity index (χ4n) is 4.84. The Hall–Kier alpha value is -3.38. The van der Waals surface area contributed by atoms with Crippen LogP contribution < -0.4 is 5.32 Å². The number of carbonyl (C=O) groups excluding carboxylic acids is 2. The molecule has 2 aromatic heterocycles. The molecule has 2 N–H and O–H groups in total. The quantitative estimate of drug-likeness (QED) is 0.533. The largest absolute Gasteiger partial charge is 0.356 e. The number of fused-ring (bicyclic) bond motifs is 7. The van der Waals surface area contributed by atoms with E-state index in [1.54, 1.807) is 16.2 Å². The van der Waals surface area contributed by atoms with Crippen LogP contribution in [0.4, 0.5) is 0 Å². The average molecular weight is 414 g/mol. The van der Waals surface area contributed by atoms with Gasteiger partial charge in [-0.05, 0) is 34.7 Å². The maximum absolute atomic E-state index is 13.3. The molecule has 5 nitrogen and oxygen atoms in total. The number of para-hydroxylation sites is 1. The van der Waals surface area contributed by atoms with Crippen molar-refractivity contribution >= 4 is 34.1 Å². The topological polar surface area (TPSA) is 65.2 Å². The number of hydrogen-bond donors (Lipinski definition) is 2. The molecule has 1 unspecified atom stereocenters. The summed E-state index contributed by atoms with van der Waals surface area (Å²) in [4.78, 5) is 33.0. The van der Waals surface area contributed by atoms with Crippen LogP contribution >= 0.6 is 11.3 Å². The van der Waals surface area contributed by atoms with Crippen LogP contribution in [-0.4, -0.2) is 27.7 Å². The predicted molar refractivity (Wildman–Crippen MR) is 116 cm³/mol. The summed E-state index contributed by atoms with van der Waals surface area (Å²) in [5.41, 5.74) is 4.85. The molecule has 2 amide bonds. The Morgan fingerprint density at radius 1 is 1.10 bits per heavy atom. The molecule has 148 valence electrons. The van der Waals surface area contributed by atoms with Gasteiger partial charge in [0.2, 0.25) is 5.91 Å². The van der Waals surface area contributed by atoms with Gasteiger partial charge >= 0.3 is 0 Å². The first-order valence-corrected chi connectivity index (χ1v) is 10.9. The Bertz CT molecular complexity index is 1290. The van der Waals surface area contributed by atoms with Gasteiger partial charge in [-0.25, -0.2) is 0 Å². The fraction of sp³-hybridized carbons (Fsp3) is 0.167. The van der Waals surface area contributed by atoms with Crippen molar-refractivity contribution in [2.75, 3.05) is 0 Å². The second-order valence-electron chi connectivity index (χ2n) is 7.78. The lowest BCUT2D eigenvalue weighted by Gasteiger charge is -2.37. The van der Waals surface area contributed by atoms with E-state index in [4.69, 9.17) is 0 Å². The third-order valence-corrected chi connectivity index (χ3v) is 7.05. The van der Waals surface area contributed by atoms with Crippen LogP contribution in [0.15, 0.2) is 66.0 Å². The van der Waals surface area contributed by atoms with Crippen LogP contribution in [0, 0.1) is 0 Å². The number of carbonyl (C=O) groups is 2. The lowest BCUT2D eigenvalue weighted by atomic mass is 9.90. The van der Waals surface area contributed by atoms with Gasteiger partial charge in [-0.1, -0.05) is 42.5 Å². The van der Waals surface area contributed by atoms with Crippen LogP contribution in [0.3, 0.4) is 0 Å². The highest BCUT2D eigenvalue weighted by atomic mass is 32.1. The maximum Gasteiger partial charge on any atom is 0.255 e. The van der Waals surface area contributed by atoms with E-state index >= 15 is 0 Å². The van der Waals surface area contributed by atoms with Gasteiger partial charge in [0.1, 0.15) is 6.04 Å². The van der Waals surface area contributed by atoms with E-state index in [2.05, 4.69) is 16.4 Å². The molecule has 0 bridgehead atoms. The Morgan fingerprint density at radius 2 is 1.93 bits per heavy atom. The number of benzene rings is 2. The summed E-state index contributed by atoms with van der Waals surface area (Å²) >= 11 is 1.61. The van der Waals surface area contributed by atoms with Gasteiger partial charge < -0.3 is 15.2 Å². The van der Waals surface area contributed by atoms with E-state index in [9.17, 15) is 9.59 Å². The van der Waals surface area contributed by atoms with Crippen molar-refractivity contribution in [2.24, 2.45) is 0 Å². The molecule has 6 heteroatoms. The number of nitrogens with one attached hydrogen (secondary N) is 2. The molecule has 30 heavy (non-hydrogen) atoms. The molecule has 0 radical (unpaired) electrons. The van der Waals surface area contributed by atoms with Crippen LogP contribution in [-0.2, 0) is 17.8 Å². The van der Waals surface area contributed by atoms with Crippen molar-refractivity contribution < 1.29 is 9.59 Å². The predicted octanol–water partition coefficient (Wildman–Crippen LogP) is 4.02. The minimum Gasteiger partial charge on any atom is -0.356 e. The smallest absolute Gasteiger partial charge is 0.255 e. The first kappa shape index (κ1) is 17.5. The van der Waals surface area contributed by atoms with E-state index in [1.807, 2.05) is 60.0 Å². The molecule has 0 saturated heterocycles. The molecule has 4 heterocycles. The zero-order valence-electron chi connectivity index (χ0n) is 16.1. The number of amides is 2. The Kier molecular flexibility index (Phi) is 3.83. The van der Waals surface area contributed by atoms with Gasteiger partial charge in [-0.15, -0.1) is 11.3 Å². The number of aromatic amines is 1. The zero-order chi connectivity index (χ0) is 20.2. The molecule has 0 fully saturated rings. The summed E-state index contributed by atoms with van der Waals surface area (Å²) in [5.74, 6) is -0.179. The zero-order valence-corrected chi connectivity index (χ0v) is 16.9. The number of rotatable bonds is 3. The van der Waals surface area contributed by atoms with E-state index in [1.165, 1.54) is 0 Å². The molecule has 2 aliphatic heterocycles.